The van der Waals surface area contributed by atoms with E-state index in [-0.39, 0.29) is 0 Å². The fourth-order valence-electron chi connectivity index (χ4n) is 2.59. The third-order valence-corrected chi connectivity index (χ3v) is 3.84. The zero-order valence-corrected chi connectivity index (χ0v) is 10.9. The van der Waals surface area contributed by atoms with Crippen LogP contribution >= 0.6 is 11.6 Å². The first-order chi connectivity index (χ1) is 8.29. The summed E-state index contributed by atoms with van der Waals surface area (Å²) in [5, 5.41) is 0.786. The van der Waals surface area contributed by atoms with Gasteiger partial charge >= 0.3 is 0 Å². The van der Waals surface area contributed by atoms with Crippen molar-refractivity contribution in [1.29, 1.82) is 0 Å². The van der Waals surface area contributed by atoms with Gasteiger partial charge in [-0.1, -0.05) is 54.6 Å². The first kappa shape index (κ1) is 12.7. The van der Waals surface area contributed by atoms with E-state index in [1.807, 2.05) is 12.1 Å². The van der Waals surface area contributed by atoms with Crippen LogP contribution in [0.5, 0.6) is 0 Å². The van der Waals surface area contributed by atoms with Crippen molar-refractivity contribution in [2.45, 2.75) is 32.1 Å². The summed E-state index contributed by atoms with van der Waals surface area (Å²) in [6.45, 7) is 0.674. The second-order valence-corrected chi connectivity index (χ2v) is 5.25. The summed E-state index contributed by atoms with van der Waals surface area (Å²) >= 11 is 5.89. The van der Waals surface area contributed by atoms with Gasteiger partial charge in [-0.3, -0.25) is 0 Å². The van der Waals surface area contributed by atoms with E-state index in [9.17, 15) is 0 Å². The SMILES string of the molecule is NCC(=Cc1ccc(Cl)cc1)C1CCCCC1. The van der Waals surface area contributed by atoms with Crippen LogP contribution in [0.2, 0.25) is 5.02 Å². The van der Waals surface area contributed by atoms with Crippen molar-refractivity contribution in [2.75, 3.05) is 6.54 Å². The number of hydrogen-bond acceptors (Lipinski definition) is 1. The maximum Gasteiger partial charge on any atom is 0.0406 e. The second-order valence-electron chi connectivity index (χ2n) is 4.81. The van der Waals surface area contributed by atoms with Crippen LogP contribution in [0.15, 0.2) is 29.8 Å². The lowest BCUT2D eigenvalue weighted by atomic mass is 9.83. The molecule has 17 heavy (non-hydrogen) atoms. The predicted octanol–water partition coefficient (Wildman–Crippen LogP) is 4.26. The van der Waals surface area contributed by atoms with Crippen LogP contribution < -0.4 is 5.73 Å². The van der Waals surface area contributed by atoms with E-state index >= 15 is 0 Å². The van der Waals surface area contributed by atoms with Crippen molar-refractivity contribution in [3.8, 4) is 0 Å². The maximum atomic E-state index is 5.89. The smallest absolute Gasteiger partial charge is 0.0406 e. The lowest BCUT2D eigenvalue weighted by Gasteiger charge is -2.23. The Bertz CT molecular complexity index is 374. The fourth-order valence-corrected chi connectivity index (χ4v) is 2.72. The molecule has 1 saturated carbocycles. The summed E-state index contributed by atoms with van der Waals surface area (Å²) in [5.74, 6) is 0.699. The molecule has 0 heterocycles. The minimum Gasteiger partial charge on any atom is -0.327 e. The molecule has 1 nitrogen and oxygen atoms in total. The van der Waals surface area contributed by atoms with Crippen molar-refractivity contribution in [3.05, 3.63) is 40.4 Å². The summed E-state index contributed by atoms with van der Waals surface area (Å²) in [5.41, 5.74) is 8.49. The van der Waals surface area contributed by atoms with Crippen molar-refractivity contribution < 1.29 is 0 Å². The Balaban J connectivity index is 2.13. The molecule has 0 saturated heterocycles. The molecule has 1 aliphatic rings. The molecular formula is C15H20ClN. The normalized spacial score (nSPS) is 18.4. The highest BCUT2D eigenvalue weighted by Gasteiger charge is 2.16. The summed E-state index contributed by atoms with van der Waals surface area (Å²) in [6, 6.07) is 7.98. The number of nitrogens with two attached hydrogens (primary N) is 1. The van der Waals surface area contributed by atoms with Gasteiger partial charge < -0.3 is 5.73 Å². The van der Waals surface area contributed by atoms with Gasteiger partial charge in [0.25, 0.3) is 0 Å². The van der Waals surface area contributed by atoms with E-state index in [2.05, 4.69) is 18.2 Å². The van der Waals surface area contributed by atoms with Gasteiger partial charge in [0.15, 0.2) is 0 Å². The predicted molar refractivity (Wildman–Crippen MR) is 75.1 cm³/mol. The molecule has 0 amide bonds. The van der Waals surface area contributed by atoms with Crippen LogP contribution in [0.3, 0.4) is 0 Å². The van der Waals surface area contributed by atoms with Gasteiger partial charge in [-0.15, -0.1) is 0 Å². The van der Waals surface area contributed by atoms with E-state index in [1.165, 1.54) is 43.2 Å². The van der Waals surface area contributed by atoms with Crippen LogP contribution in [0.25, 0.3) is 6.08 Å². The second kappa shape index (κ2) is 6.23. The molecule has 1 aliphatic carbocycles. The highest BCUT2D eigenvalue weighted by Crippen LogP contribution is 2.30. The molecule has 1 aromatic carbocycles. The van der Waals surface area contributed by atoms with E-state index in [0.29, 0.717) is 12.5 Å². The topological polar surface area (TPSA) is 26.0 Å². The number of hydrogen-bond donors (Lipinski definition) is 1. The molecule has 1 fully saturated rings. The van der Waals surface area contributed by atoms with Gasteiger partial charge in [0, 0.05) is 11.6 Å². The van der Waals surface area contributed by atoms with Crippen LogP contribution in [-0.4, -0.2) is 6.54 Å². The molecule has 0 atom stereocenters. The summed E-state index contributed by atoms with van der Waals surface area (Å²) in [7, 11) is 0. The van der Waals surface area contributed by atoms with Gasteiger partial charge in [0.1, 0.15) is 0 Å². The molecule has 2 N–H and O–H groups in total. The fraction of sp³-hybridized carbons (Fsp3) is 0.467. The summed E-state index contributed by atoms with van der Waals surface area (Å²) in [4.78, 5) is 0. The molecule has 0 aliphatic heterocycles. The van der Waals surface area contributed by atoms with E-state index in [0.717, 1.165) is 5.02 Å². The molecule has 2 rings (SSSR count). The molecule has 0 bridgehead atoms. The highest BCUT2D eigenvalue weighted by atomic mass is 35.5. The zero-order valence-electron chi connectivity index (χ0n) is 10.2. The van der Waals surface area contributed by atoms with Crippen LogP contribution in [0.1, 0.15) is 37.7 Å². The van der Waals surface area contributed by atoms with E-state index in [1.54, 1.807) is 0 Å². The Morgan fingerprint density at radius 3 is 2.41 bits per heavy atom. The minimum atomic E-state index is 0.674. The Kier molecular flexibility index (Phi) is 4.64. The standard InChI is InChI=1S/C15H20ClN/c16-15-8-6-12(7-9-15)10-14(11-17)13-4-2-1-3-5-13/h6-10,13H,1-5,11,17H2. The van der Waals surface area contributed by atoms with Crippen molar-refractivity contribution >= 4 is 17.7 Å². The third kappa shape index (κ3) is 3.58. The minimum absolute atomic E-state index is 0.674. The van der Waals surface area contributed by atoms with E-state index in [4.69, 9.17) is 17.3 Å². The quantitative estimate of drug-likeness (QED) is 0.851. The lowest BCUT2D eigenvalue weighted by molar-refractivity contribution is 0.401. The number of benzene rings is 1. The lowest BCUT2D eigenvalue weighted by Crippen LogP contribution is -2.16. The molecule has 0 aromatic heterocycles. The monoisotopic (exact) mass is 249 g/mol. The Hall–Kier alpha value is -0.790. The highest BCUT2D eigenvalue weighted by molar-refractivity contribution is 6.30. The van der Waals surface area contributed by atoms with Crippen molar-refractivity contribution in [2.24, 2.45) is 11.7 Å². The van der Waals surface area contributed by atoms with Crippen LogP contribution in [-0.2, 0) is 0 Å². The molecule has 92 valence electrons. The number of rotatable bonds is 3. The first-order valence-corrected chi connectivity index (χ1v) is 6.83. The van der Waals surface area contributed by atoms with Gasteiger partial charge in [-0.2, -0.15) is 0 Å². The van der Waals surface area contributed by atoms with Crippen molar-refractivity contribution in [3.63, 3.8) is 0 Å². The van der Waals surface area contributed by atoms with Crippen molar-refractivity contribution in [1.82, 2.24) is 0 Å². The molecule has 0 spiro atoms. The van der Waals surface area contributed by atoms with E-state index < -0.39 is 0 Å². The average Bonchev–Trinajstić information content (AvgIpc) is 2.39. The first-order valence-electron chi connectivity index (χ1n) is 6.45. The van der Waals surface area contributed by atoms with Gasteiger partial charge in [0.2, 0.25) is 0 Å². The summed E-state index contributed by atoms with van der Waals surface area (Å²) < 4.78 is 0. The Labute approximate surface area is 109 Å². The molecular weight excluding hydrogens is 230 g/mol. The Morgan fingerprint density at radius 2 is 1.82 bits per heavy atom. The Morgan fingerprint density at radius 1 is 1.18 bits per heavy atom. The largest absolute Gasteiger partial charge is 0.327 e. The summed E-state index contributed by atoms with van der Waals surface area (Å²) in [6.07, 6.45) is 8.93. The van der Waals surface area contributed by atoms with Gasteiger partial charge in [-0.05, 0) is 36.5 Å². The maximum absolute atomic E-state index is 5.89. The zero-order chi connectivity index (χ0) is 12.1. The van der Waals surface area contributed by atoms with Gasteiger partial charge in [-0.25, -0.2) is 0 Å². The number of halogens is 1. The third-order valence-electron chi connectivity index (χ3n) is 3.59. The molecule has 1 aromatic rings. The van der Waals surface area contributed by atoms with Gasteiger partial charge in [0.05, 0.1) is 0 Å². The molecule has 0 radical (unpaired) electrons. The van der Waals surface area contributed by atoms with Crippen LogP contribution in [0, 0.1) is 5.92 Å². The average molecular weight is 250 g/mol. The molecule has 2 heteroatoms. The van der Waals surface area contributed by atoms with Crippen LogP contribution in [0.4, 0.5) is 0 Å². The molecule has 0 unspecified atom stereocenters.